The quantitative estimate of drug-likeness (QED) is 0.294. The molecule has 1 aliphatic rings. The molecule has 2 heterocycles. The van der Waals surface area contributed by atoms with Gasteiger partial charge in [-0.25, -0.2) is 0 Å². The fourth-order valence-corrected chi connectivity index (χ4v) is 5.36. The van der Waals surface area contributed by atoms with Gasteiger partial charge in [0.15, 0.2) is 0 Å². The average Bonchev–Trinajstić information content (AvgIpc) is 3.27. The van der Waals surface area contributed by atoms with E-state index in [1.54, 1.807) is 4.90 Å². The van der Waals surface area contributed by atoms with Gasteiger partial charge in [-0.05, 0) is 42.0 Å². The van der Waals surface area contributed by atoms with Crippen LogP contribution in [0.25, 0.3) is 17.2 Å². The Hall–Kier alpha value is -2.49. The number of hydrogen-bond acceptors (Lipinski definition) is 6. The highest BCUT2D eigenvalue weighted by Crippen LogP contribution is 2.36. The Morgan fingerprint density at radius 2 is 2.00 bits per heavy atom. The van der Waals surface area contributed by atoms with E-state index in [0.29, 0.717) is 22.2 Å². The Labute approximate surface area is 194 Å². The van der Waals surface area contributed by atoms with Crippen LogP contribution < -0.4 is 5.32 Å². The van der Waals surface area contributed by atoms with Crippen LogP contribution in [0.2, 0.25) is 0 Å². The molecule has 1 aliphatic heterocycles. The number of carboxylic acids is 1. The van der Waals surface area contributed by atoms with E-state index in [9.17, 15) is 14.4 Å². The second-order valence-electron chi connectivity index (χ2n) is 7.00. The van der Waals surface area contributed by atoms with Crippen LogP contribution in [0.4, 0.5) is 5.69 Å². The van der Waals surface area contributed by atoms with Gasteiger partial charge in [-0.1, -0.05) is 48.6 Å². The number of aliphatic carboxylic acids is 1. The summed E-state index contributed by atoms with van der Waals surface area (Å²) >= 11 is 8.17. The highest BCUT2D eigenvalue weighted by Gasteiger charge is 2.31. The van der Waals surface area contributed by atoms with Crippen LogP contribution in [-0.2, 0) is 14.4 Å². The highest BCUT2D eigenvalue weighted by molar-refractivity contribution is 8.26. The average molecular weight is 475 g/mol. The molecule has 0 aliphatic carbocycles. The molecule has 0 unspecified atom stereocenters. The lowest BCUT2D eigenvalue weighted by Crippen LogP contribution is -2.29. The number of nitrogens with zero attached hydrogens (tertiary/aromatic N) is 1. The number of para-hydroxylation sites is 1. The molecule has 2 N–H and O–H groups in total. The van der Waals surface area contributed by atoms with E-state index in [-0.39, 0.29) is 18.2 Å². The molecule has 0 saturated carbocycles. The van der Waals surface area contributed by atoms with Gasteiger partial charge >= 0.3 is 5.97 Å². The molecule has 0 spiro atoms. The summed E-state index contributed by atoms with van der Waals surface area (Å²) in [7, 11) is 0. The molecule has 0 bridgehead atoms. The van der Waals surface area contributed by atoms with E-state index in [0.717, 1.165) is 34.5 Å². The van der Waals surface area contributed by atoms with Gasteiger partial charge in [0.25, 0.3) is 5.91 Å². The van der Waals surface area contributed by atoms with E-state index in [1.807, 2.05) is 41.8 Å². The van der Waals surface area contributed by atoms with Crippen molar-refractivity contribution in [3.05, 3.63) is 45.5 Å². The third kappa shape index (κ3) is 6.25. The third-order valence-corrected chi connectivity index (χ3v) is 6.85. The summed E-state index contributed by atoms with van der Waals surface area (Å²) < 4.78 is 0.530. The van der Waals surface area contributed by atoms with E-state index < -0.39 is 5.97 Å². The molecule has 9 heteroatoms. The van der Waals surface area contributed by atoms with Gasteiger partial charge in [0.05, 0.1) is 4.91 Å². The van der Waals surface area contributed by atoms with Crippen molar-refractivity contribution in [1.29, 1.82) is 0 Å². The molecule has 1 saturated heterocycles. The molecule has 0 atom stereocenters. The first-order chi connectivity index (χ1) is 14.8. The second kappa shape index (κ2) is 10.7. The third-order valence-electron chi connectivity index (χ3n) is 4.59. The van der Waals surface area contributed by atoms with Crippen LogP contribution in [0.5, 0.6) is 0 Å². The zero-order valence-corrected chi connectivity index (χ0v) is 19.4. The van der Waals surface area contributed by atoms with E-state index >= 15 is 0 Å². The normalized spacial score (nSPS) is 15.0. The molecule has 6 nitrogen and oxygen atoms in total. The molecule has 1 aromatic carbocycles. The second-order valence-corrected chi connectivity index (χ2v) is 9.62. The standard InChI is InChI=1S/C22H22N2O4S3/c1-14(25)23-18-8-5-4-7-17(18)15-11-16(30-13-15)12-19-21(28)24(22(29)31-19)10-6-2-3-9-20(26)27/h4-5,7-8,11-13H,2-3,6,9-10H2,1H3,(H,23,25)(H,26,27)/b19-12-. The Kier molecular flexibility index (Phi) is 8.00. The van der Waals surface area contributed by atoms with Crippen molar-refractivity contribution in [3.8, 4) is 11.1 Å². The van der Waals surface area contributed by atoms with Gasteiger partial charge in [-0.3, -0.25) is 19.3 Å². The van der Waals surface area contributed by atoms with E-state index in [2.05, 4.69) is 5.32 Å². The first kappa shape index (κ1) is 23.2. The number of nitrogens with one attached hydrogen (secondary N) is 1. The van der Waals surface area contributed by atoms with Crippen LogP contribution in [0.15, 0.2) is 40.6 Å². The Morgan fingerprint density at radius 3 is 2.74 bits per heavy atom. The van der Waals surface area contributed by atoms with Crippen molar-refractivity contribution in [2.24, 2.45) is 0 Å². The molecular weight excluding hydrogens is 452 g/mol. The molecular formula is C22H22N2O4S3. The van der Waals surface area contributed by atoms with Crippen LogP contribution in [0.1, 0.15) is 37.5 Å². The smallest absolute Gasteiger partial charge is 0.303 e. The molecule has 1 aromatic heterocycles. The SMILES string of the molecule is CC(=O)Nc1ccccc1-c1csc(/C=C2\SC(=S)N(CCCCCC(=O)O)C2=O)c1. The molecule has 2 aromatic rings. The number of amides is 2. The molecule has 3 rings (SSSR count). The van der Waals surface area contributed by atoms with Gasteiger partial charge in [-0.15, -0.1) is 11.3 Å². The molecule has 31 heavy (non-hydrogen) atoms. The van der Waals surface area contributed by atoms with Gasteiger partial charge in [0, 0.05) is 36.0 Å². The monoisotopic (exact) mass is 474 g/mol. The maximum absolute atomic E-state index is 12.8. The summed E-state index contributed by atoms with van der Waals surface area (Å²) in [6.07, 6.45) is 4.04. The van der Waals surface area contributed by atoms with Gasteiger partial charge in [0.2, 0.25) is 5.91 Å². The van der Waals surface area contributed by atoms with E-state index in [4.69, 9.17) is 17.3 Å². The maximum Gasteiger partial charge on any atom is 0.303 e. The lowest BCUT2D eigenvalue weighted by Gasteiger charge is -2.13. The fraction of sp³-hybridized carbons (Fsp3) is 0.273. The van der Waals surface area contributed by atoms with Crippen LogP contribution in [0, 0.1) is 0 Å². The number of thiocarbonyl (C=S) groups is 1. The first-order valence-electron chi connectivity index (χ1n) is 9.78. The van der Waals surface area contributed by atoms with Crippen LogP contribution >= 0.6 is 35.3 Å². The lowest BCUT2D eigenvalue weighted by atomic mass is 10.1. The van der Waals surface area contributed by atoms with Crippen molar-refractivity contribution < 1.29 is 19.5 Å². The number of carbonyl (C=O) groups is 3. The summed E-state index contributed by atoms with van der Waals surface area (Å²) in [5, 5.41) is 13.5. The topological polar surface area (TPSA) is 86.7 Å². The van der Waals surface area contributed by atoms with Crippen LogP contribution in [0.3, 0.4) is 0 Å². The number of carbonyl (C=O) groups excluding carboxylic acids is 2. The first-order valence-corrected chi connectivity index (χ1v) is 11.9. The van der Waals surface area contributed by atoms with Crippen molar-refractivity contribution >= 4 is 69.2 Å². The van der Waals surface area contributed by atoms with Gasteiger partial charge < -0.3 is 10.4 Å². The summed E-state index contributed by atoms with van der Waals surface area (Å²) in [6.45, 7) is 1.98. The Morgan fingerprint density at radius 1 is 1.23 bits per heavy atom. The van der Waals surface area contributed by atoms with Crippen LogP contribution in [-0.4, -0.2) is 38.7 Å². The number of thioether (sulfide) groups is 1. The summed E-state index contributed by atoms with van der Waals surface area (Å²) in [6, 6.07) is 9.58. The zero-order valence-electron chi connectivity index (χ0n) is 16.9. The number of hydrogen-bond donors (Lipinski definition) is 2. The number of rotatable bonds is 9. The minimum Gasteiger partial charge on any atom is -0.481 e. The maximum atomic E-state index is 12.8. The Bertz CT molecular complexity index is 1040. The predicted octanol–water partition coefficient (Wildman–Crippen LogP) is 5.22. The molecule has 1 fully saturated rings. The minimum atomic E-state index is -0.802. The van der Waals surface area contributed by atoms with E-state index in [1.165, 1.54) is 30.0 Å². The summed E-state index contributed by atoms with van der Waals surface area (Å²) in [5.74, 6) is -1.04. The largest absolute Gasteiger partial charge is 0.481 e. The number of thiophene rings is 1. The number of anilines is 1. The van der Waals surface area contributed by atoms with Gasteiger partial charge in [0.1, 0.15) is 4.32 Å². The van der Waals surface area contributed by atoms with Crippen molar-refractivity contribution in [2.75, 3.05) is 11.9 Å². The number of unbranched alkanes of at least 4 members (excludes halogenated alkanes) is 2. The van der Waals surface area contributed by atoms with Crippen molar-refractivity contribution in [1.82, 2.24) is 4.90 Å². The fourth-order valence-electron chi connectivity index (χ4n) is 3.15. The molecule has 162 valence electrons. The minimum absolute atomic E-state index is 0.109. The summed E-state index contributed by atoms with van der Waals surface area (Å²) in [5.41, 5.74) is 2.63. The lowest BCUT2D eigenvalue weighted by molar-refractivity contribution is -0.137. The predicted molar refractivity (Wildman–Crippen MR) is 130 cm³/mol. The van der Waals surface area contributed by atoms with Crippen molar-refractivity contribution in [3.63, 3.8) is 0 Å². The number of carboxylic acid groups (broad SMARTS) is 1. The summed E-state index contributed by atoms with van der Waals surface area (Å²) in [4.78, 5) is 37.9. The number of benzene rings is 1. The van der Waals surface area contributed by atoms with Crippen molar-refractivity contribution in [2.45, 2.75) is 32.6 Å². The Balaban J connectivity index is 1.68. The molecule has 2 amide bonds. The van der Waals surface area contributed by atoms with Gasteiger partial charge in [-0.2, -0.15) is 0 Å². The zero-order chi connectivity index (χ0) is 22.4. The highest BCUT2D eigenvalue weighted by atomic mass is 32.2. The molecule has 0 radical (unpaired) electrons.